The van der Waals surface area contributed by atoms with Crippen molar-refractivity contribution in [2.45, 2.75) is 13.3 Å². The van der Waals surface area contributed by atoms with Gasteiger partial charge in [0.2, 0.25) is 0 Å². The third-order valence-electron chi connectivity index (χ3n) is 3.67. The lowest BCUT2D eigenvalue weighted by molar-refractivity contribution is -0.385. The molecule has 0 heterocycles. The Kier molecular flexibility index (Phi) is 6.77. The Hall–Kier alpha value is -2.60. The Morgan fingerprint density at radius 2 is 1.92 bits per heavy atom. The molecule has 0 saturated carbocycles. The average molecular weight is 362 g/mol. The van der Waals surface area contributed by atoms with Gasteiger partial charge in [0.15, 0.2) is 0 Å². The molecule has 0 aliphatic carbocycles. The minimum Gasteiger partial charge on any atom is -0.370 e. The zero-order valence-corrected chi connectivity index (χ0v) is 14.7. The van der Waals surface area contributed by atoms with Crippen LogP contribution in [0.4, 0.5) is 17.1 Å². The first-order valence-corrected chi connectivity index (χ1v) is 8.56. The van der Waals surface area contributed by atoms with Crippen LogP contribution < -0.4 is 10.2 Å². The zero-order chi connectivity index (χ0) is 18.2. The third kappa shape index (κ3) is 4.93. The molecule has 0 fully saturated rings. The zero-order valence-electron chi connectivity index (χ0n) is 13.9. The summed E-state index contributed by atoms with van der Waals surface area (Å²) in [6, 6.07) is 13.4. The van der Waals surface area contributed by atoms with Crippen molar-refractivity contribution in [3.63, 3.8) is 0 Å². The van der Waals surface area contributed by atoms with Gasteiger partial charge in [-0.15, -0.1) is 11.6 Å². The average Bonchev–Trinajstić information content (AvgIpc) is 2.61. The van der Waals surface area contributed by atoms with E-state index in [4.69, 9.17) is 11.6 Å². The van der Waals surface area contributed by atoms with Crippen LogP contribution in [0.25, 0.3) is 0 Å². The number of alkyl halides is 1. The van der Waals surface area contributed by atoms with Gasteiger partial charge in [0.1, 0.15) is 5.56 Å². The monoisotopic (exact) mass is 361 g/mol. The van der Waals surface area contributed by atoms with E-state index in [1.807, 2.05) is 17.9 Å². The van der Waals surface area contributed by atoms with Gasteiger partial charge in [0.05, 0.1) is 4.92 Å². The predicted molar refractivity (Wildman–Crippen MR) is 101 cm³/mol. The van der Waals surface area contributed by atoms with Crippen molar-refractivity contribution in [1.82, 2.24) is 0 Å². The summed E-state index contributed by atoms with van der Waals surface area (Å²) in [5.41, 5.74) is 1.13. The Morgan fingerprint density at radius 1 is 1.20 bits per heavy atom. The van der Waals surface area contributed by atoms with Gasteiger partial charge < -0.3 is 10.2 Å². The topological polar surface area (TPSA) is 75.5 Å². The number of rotatable bonds is 8. The quantitative estimate of drug-likeness (QED) is 0.432. The maximum Gasteiger partial charge on any atom is 0.282 e. The van der Waals surface area contributed by atoms with Crippen LogP contribution in [0.5, 0.6) is 0 Å². The largest absolute Gasteiger partial charge is 0.370 e. The molecule has 0 saturated heterocycles. The molecule has 6 nitrogen and oxygen atoms in total. The van der Waals surface area contributed by atoms with Crippen LogP contribution in [-0.2, 0) is 0 Å². The highest BCUT2D eigenvalue weighted by molar-refractivity contribution is 6.18. The minimum absolute atomic E-state index is 0.0297. The Balaban J connectivity index is 2.37. The van der Waals surface area contributed by atoms with E-state index in [0.29, 0.717) is 18.1 Å². The SMILES string of the molecule is CCCN(CCCl)c1ccc([N+](=O)[O-])c(C(=O)Nc2ccccc2)c1. The molecular formula is C18H20ClN3O3. The van der Waals surface area contributed by atoms with Crippen molar-refractivity contribution < 1.29 is 9.72 Å². The van der Waals surface area contributed by atoms with Gasteiger partial charge in [0, 0.05) is 36.4 Å². The number of anilines is 2. The number of nitro benzene ring substituents is 1. The standard InChI is InChI=1S/C18H20ClN3O3/c1-2-11-21(12-10-19)15-8-9-17(22(24)25)16(13-15)18(23)20-14-6-4-3-5-7-14/h3-9,13H,2,10-12H2,1H3,(H,20,23). The van der Waals surface area contributed by atoms with E-state index in [0.717, 1.165) is 18.7 Å². The van der Waals surface area contributed by atoms with Crippen LogP contribution in [-0.4, -0.2) is 29.8 Å². The highest BCUT2D eigenvalue weighted by Crippen LogP contribution is 2.26. The molecular weight excluding hydrogens is 342 g/mol. The van der Waals surface area contributed by atoms with Crippen LogP contribution in [0.1, 0.15) is 23.7 Å². The molecule has 0 spiro atoms. The molecule has 1 N–H and O–H groups in total. The summed E-state index contributed by atoms with van der Waals surface area (Å²) in [4.78, 5) is 25.3. The third-order valence-corrected chi connectivity index (χ3v) is 3.84. The summed E-state index contributed by atoms with van der Waals surface area (Å²) in [5, 5.41) is 14.0. The van der Waals surface area contributed by atoms with E-state index in [1.54, 1.807) is 36.4 Å². The number of hydrogen-bond donors (Lipinski definition) is 1. The summed E-state index contributed by atoms with van der Waals surface area (Å²) in [6.45, 7) is 3.40. The summed E-state index contributed by atoms with van der Waals surface area (Å²) in [5.74, 6) is -0.0789. The first-order valence-electron chi connectivity index (χ1n) is 8.02. The number of carbonyl (C=O) groups is 1. The van der Waals surface area contributed by atoms with Gasteiger partial charge in [-0.2, -0.15) is 0 Å². The van der Waals surface area contributed by atoms with Crippen LogP contribution in [0, 0.1) is 10.1 Å². The molecule has 0 atom stereocenters. The van der Waals surface area contributed by atoms with Gasteiger partial charge in [0.25, 0.3) is 11.6 Å². The summed E-state index contributed by atoms with van der Waals surface area (Å²) in [7, 11) is 0. The highest BCUT2D eigenvalue weighted by atomic mass is 35.5. The fraction of sp³-hybridized carbons (Fsp3) is 0.278. The molecule has 2 aromatic rings. The van der Waals surface area contributed by atoms with Crippen molar-refractivity contribution in [3.8, 4) is 0 Å². The van der Waals surface area contributed by atoms with Gasteiger partial charge in [-0.05, 0) is 30.7 Å². The van der Waals surface area contributed by atoms with E-state index in [1.165, 1.54) is 6.07 Å². The second kappa shape index (κ2) is 9.03. The van der Waals surface area contributed by atoms with Crippen molar-refractivity contribution in [1.29, 1.82) is 0 Å². The maximum absolute atomic E-state index is 12.6. The molecule has 25 heavy (non-hydrogen) atoms. The van der Waals surface area contributed by atoms with Gasteiger partial charge >= 0.3 is 0 Å². The van der Waals surface area contributed by atoms with Crippen molar-refractivity contribution >= 4 is 34.6 Å². The number of nitro groups is 1. The normalized spacial score (nSPS) is 10.3. The van der Waals surface area contributed by atoms with E-state index in [9.17, 15) is 14.9 Å². The van der Waals surface area contributed by atoms with Crippen LogP contribution >= 0.6 is 11.6 Å². The number of para-hydroxylation sites is 1. The summed E-state index contributed by atoms with van der Waals surface area (Å²) < 4.78 is 0. The first-order chi connectivity index (χ1) is 12.1. The molecule has 2 aromatic carbocycles. The lowest BCUT2D eigenvalue weighted by Gasteiger charge is -2.23. The Bertz CT molecular complexity index is 732. The molecule has 0 bridgehead atoms. The number of halogens is 1. The van der Waals surface area contributed by atoms with E-state index >= 15 is 0 Å². The lowest BCUT2D eigenvalue weighted by Crippen LogP contribution is -2.26. The molecule has 0 radical (unpaired) electrons. The van der Waals surface area contributed by atoms with Crippen molar-refractivity contribution in [3.05, 3.63) is 64.2 Å². The first kappa shape index (κ1) is 18.7. The Morgan fingerprint density at radius 3 is 2.52 bits per heavy atom. The molecule has 0 unspecified atom stereocenters. The smallest absolute Gasteiger partial charge is 0.282 e. The summed E-state index contributed by atoms with van der Waals surface area (Å²) >= 11 is 5.84. The van der Waals surface area contributed by atoms with E-state index in [2.05, 4.69) is 5.32 Å². The molecule has 132 valence electrons. The minimum atomic E-state index is -0.546. The van der Waals surface area contributed by atoms with E-state index in [-0.39, 0.29) is 11.3 Å². The van der Waals surface area contributed by atoms with Crippen LogP contribution in [0.15, 0.2) is 48.5 Å². The number of nitrogens with one attached hydrogen (secondary N) is 1. The summed E-state index contributed by atoms with van der Waals surface area (Å²) in [6.07, 6.45) is 0.902. The number of nitrogens with zero attached hydrogens (tertiary/aromatic N) is 2. The highest BCUT2D eigenvalue weighted by Gasteiger charge is 2.22. The van der Waals surface area contributed by atoms with Gasteiger partial charge in [-0.25, -0.2) is 0 Å². The van der Waals surface area contributed by atoms with Gasteiger partial charge in [-0.1, -0.05) is 25.1 Å². The number of benzene rings is 2. The molecule has 0 aliphatic heterocycles. The fourth-order valence-electron chi connectivity index (χ4n) is 2.52. The van der Waals surface area contributed by atoms with Crippen LogP contribution in [0.2, 0.25) is 0 Å². The molecule has 7 heteroatoms. The maximum atomic E-state index is 12.6. The molecule has 0 aromatic heterocycles. The fourth-order valence-corrected chi connectivity index (χ4v) is 2.73. The second-order valence-corrected chi connectivity index (χ2v) is 5.83. The Labute approximate surface area is 151 Å². The molecule has 2 rings (SSSR count). The number of carbonyl (C=O) groups excluding carboxylic acids is 1. The number of hydrogen-bond acceptors (Lipinski definition) is 4. The number of amides is 1. The van der Waals surface area contributed by atoms with Crippen molar-refractivity contribution in [2.24, 2.45) is 0 Å². The van der Waals surface area contributed by atoms with Gasteiger partial charge in [-0.3, -0.25) is 14.9 Å². The molecule has 1 amide bonds. The lowest BCUT2D eigenvalue weighted by atomic mass is 10.1. The van der Waals surface area contributed by atoms with Crippen LogP contribution in [0.3, 0.4) is 0 Å². The van der Waals surface area contributed by atoms with Crippen molar-refractivity contribution in [2.75, 3.05) is 29.2 Å². The molecule has 0 aliphatic rings. The predicted octanol–water partition coefficient (Wildman–Crippen LogP) is 4.30. The van der Waals surface area contributed by atoms with E-state index < -0.39 is 10.8 Å². The second-order valence-electron chi connectivity index (χ2n) is 5.45.